The molecule has 8 aromatic rings. The largest absolute Gasteiger partial charge is 0.507 e. The molecule has 2 heterocycles. The predicted molar refractivity (Wildman–Crippen MR) is 253 cm³/mol. The van der Waals surface area contributed by atoms with E-state index in [-0.39, 0.29) is 23.0 Å². The molecule has 0 aliphatic heterocycles. The lowest BCUT2D eigenvalue weighted by Gasteiger charge is -2.22. The van der Waals surface area contributed by atoms with Crippen molar-refractivity contribution >= 4 is 11.0 Å². The van der Waals surface area contributed by atoms with Gasteiger partial charge in [-0.1, -0.05) is 153 Å². The van der Waals surface area contributed by atoms with Crippen LogP contribution in [-0.2, 0) is 11.8 Å². The van der Waals surface area contributed by atoms with Gasteiger partial charge < -0.3 is 5.11 Å². The van der Waals surface area contributed by atoms with Gasteiger partial charge in [-0.2, -0.15) is 0 Å². The highest BCUT2D eigenvalue weighted by molar-refractivity contribution is 5.98. The molecule has 0 spiro atoms. The number of para-hydroxylation sites is 1. The Bertz CT molecular complexity index is 2800. The minimum absolute atomic E-state index is 0.124. The lowest BCUT2D eigenvalue weighted by Crippen LogP contribution is -2.11. The predicted octanol–water partition coefficient (Wildman–Crippen LogP) is 15.2. The van der Waals surface area contributed by atoms with Gasteiger partial charge in [0.1, 0.15) is 11.6 Å². The summed E-state index contributed by atoms with van der Waals surface area (Å²) in [6.45, 7) is 20.1. The van der Waals surface area contributed by atoms with Crippen LogP contribution in [0.5, 0.6) is 5.75 Å². The number of rotatable bonds is 10. The molecule has 0 fully saturated rings. The van der Waals surface area contributed by atoms with Crippen molar-refractivity contribution in [2.45, 2.75) is 86.0 Å². The van der Waals surface area contributed by atoms with Gasteiger partial charge in [-0.15, -0.1) is 0 Å². The van der Waals surface area contributed by atoms with Crippen LogP contribution in [-0.4, -0.2) is 19.6 Å². The second-order valence-electron chi connectivity index (χ2n) is 18.4. The fourth-order valence-electron chi connectivity index (χ4n) is 8.37. The summed E-state index contributed by atoms with van der Waals surface area (Å²) in [7, 11) is 0. The van der Waals surface area contributed by atoms with E-state index in [0.29, 0.717) is 5.92 Å². The number of phenols is 1. The molecule has 0 radical (unpaired) electrons. The number of imidazole rings is 1. The Morgan fingerprint density at radius 2 is 1.28 bits per heavy atom. The van der Waals surface area contributed by atoms with Crippen LogP contribution in [0, 0.1) is 5.92 Å². The molecule has 0 saturated carbocycles. The molecule has 8 rings (SSSR count). The van der Waals surface area contributed by atoms with Gasteiger partial charge in [-0.3, -0.25) is 9.55 Å². The highest BCUT2D eigenvalue weighted by Gasteiger charge is 2.26. The van der Waals surface area contributed by atoms with E-state index in [1.54, 1.807) is 0 Å². The van der Waals surface area contributed by atoms with Gasteiger partial charge in [0.05, 0.1) is 28.0 Å². The van der Waals surface area contributed by atoms with E-state index in [1.165, 1.54) is 16.7 Å². The second-order valence-corrected chi connectivity index (χ2v) is 18.4. The quantitative estimate of drug-likeness (QED) is 0.150. The molecule has 0 atom stereocenters. The minimum atomic E-state index is -0.126. The summed E-state index contributed by atoms with van der Waals surface area (Å²) in [6.07, 6.45) is 2.89. The van der Waals surface area contributed by atoms with Crippen LogP contribution < -0.4 is 0 Å². The molecule has 302 valence electrons. The van der Waals surface area contributed by atoms with Crippen molar-refractivity contribution in [1.29, 1.82) is 0 Å². The Balaban J connectivity index is 1.44. The standard InChI is InChI=1S/C56H57N3O/c1-35(2)27-38-23-24-51(48(28-38)40-19-14-11-15-20-40)59-52-22-16-21-46(53(52)58-55(59)49-33-42(36(3)4)32-47(37(5)6)54(49)60)43-29-44(31-45(30-43)56(7,8)9)50-34-41(25-26-57-50)39-17-12-10-13-18-39/h10-26,28-37,60H,27H2,1-9H3. The van der Waals surface area contributed by atoms with Crippen LogP contribution >= 0.6 is 0 Å². The number of pyridine rings is 1. The maximum atomic E-state index is 12.3. The van der Waals surface area contributed by atoms with Crippen LogP contribution in [0.3, 0.4) is 0 Å². The molecule has 0 saturated heterocycles. The highest BCUT2D eigenvalue weighted by atomic mass is 16.3. The van der Waals surface area contributed by atoms with E-state index in [2.05, 4.69) is 200 Å². The first-order chi connectivity index (χ1) is 28.8. The Labute approximate surface area is 356 Å². The summed E-state index contributed by atoms with van der Waals surface area (Å²) in [5.41, 5.74) is 16.7. The van der Waals surface area contributed by atoms with Gasteiger partial charge in [0.2, 0.25) is 0 Å². The average molecular weight is 788 g/mol. The topological polar surface area (TPSA) is 50.9 Å². The maximum absolute atomic E-state index is 12.3. The molecule has 4 heteroatoms. The number of hydrogen-bond donors (Lipinski definition) is 1. The molecule has 1 N–H and O–H groups in total. The smallest absolute Gasteiger partial charge is 0.149 e. The Kier molecular flexibility index (Phi) is 11.1. The van der Waals surface area contributed by atoms with Crippen molar-refractivity contribution in [3.05, 3.63) is 168 Å². The maximum Gasteiger partial charge on any atom is 0.149 e. The number of aromatic nitrogens is 3. The normalized spacial score (nSPS) is 12.0. The molecule has 0 aliphatic carbocycles. The van der Waals surface area contributed by atoms with Gasteiger partial charge in [-0.25, -0.2) is 4.98 Å². The first kappa shape index (κ1) is 40.5. The Morgan fingerprint density at radius 1 is 0.583 bits per heavy atom. The van der Waals surface area contributed by atoms with Crippen molar-refractivity contribution in [2.75, 3.05) is 0 Å². The molecule has 6 aromatic carbocycles. The monoisotopic (exact) mass is 787 g/mol. The number of aromatic hydroxyl groups is 1. The summed E-state index contributed by atoms with van der Waals surface area (Å²) in [6, 6.07) is 50.0. The third kappa shape index (κ3) is 8.04. The first-order valence-corrected chi connectivity index (χ1v) is 21.5. The first-order valence-electron chi connectivity index (χ1n) is 21.5. The average Bonchev–Trinajstić information content (AvgIpc) is 3.63. The molecule has 0 bridgehead atoms. The Hall–Kier alpha value is -6.26. The fourth-order valence-corrected chi connectivity index (χ4v) is 8.37. The van der Waals surface area contributed by atoms with E-state index in [9.17, 15) is 5.11 Å². The van der Waals surface area contributed by atoms with E-state index in [4.69, 9.17) is 9.97 Å². The van der Waals surface area contributed by atoms with Crippen LogP contribution in [0.15, 0.2) is 146 Å². The lowest BCUT2D eigenvalue weighted by atomic mass is 9.83. The number of phenolic OH excluding ortho intramolecular Hbond substituents is 1. The second kappa shape index (κ2) is 16.4. The molecular weight excluding hydrogens is 731 g/mol. The van der Waals surface area contributed by atoms with Crippen molar-refractivity contribution in [1.82, 2.24) is 14.5 Å². The Morgan fingerprint density at radius 3 is 1.95 bits per heavy atom. The van der Waals surface area contributed by atoms with Crippen molar-refractivity contribution in [2.24, 2.45) is 5.92 Å². The van der Waals surface area contributed by atoms with Crippen LogP contribution in [0.1, 0.15) is 96.4 Å². The third-order valence-electron chi connectivity index (χ3n) is 11.7. The fraction of sp³-hybridized carbons (Fsp3) is 0.250. The zero-order valence-corrected chi connectivity index (χ0v) is 36.6. The van der Waals surface area contributed by atoms with E-state index in [0.717, 1.165) is 84.7 Å². The zero-order valence-electron chi connectivity index (χ0n) is 36.6. The van der Waals surface area contributed by atoms with Gasteiger partial charge >= 0.3 is 0 Å². The number of hydrogen-bond acceptors (Lipinski definition) is 3. The van der Waals surface area contributed by atoms with Crippen LogP contribution in [0.2, 0.25) is 0 Å². The SMILES string of the molecule is CC(C)Cc1ccc(-n2c(-c3cc(C(C)C)cc(C(C)C)c3O)nc3c(-c4cc(-c5cc(-c6ccccc6)ccn5)cc(C(C)(C)C)c4)cccc32)c(-c2ccccc2)c1. The molecule has 0 amide bonds. The van der Waals surface area contributed by atoms with E-state index >= 15 is 0 Å². The van der Waals surface area contributed by atoms with Crippen molar-refractivity contribution in [3.8, 4) is 67.5 Å². The van der Waals surface area contributed by atoms with E-state index < -0.39 is 0 Å². The number of fused-ring (bicyclic) bond motifs is 1. The summed E-state index contributed by atoms with van der Waals surface area (Å²) in [4.78, 5) is 10.6. The van der Waals surface area contributed by atoms with Crippen LogP contribution in [0.4, 0.5) is 0 Å². The molecule has 0 aliphatic rings. The van der Waals surface area contributed by atoms with Crippen LogP contribution in [0.25, 0.3) is 72.7 Å². The van der Waals surface area contributed by atoms with Gasteiger partial charge in [0, 0.05) is 22.9 Å². The number of benzene rings is 6. The van der Waals surface area contributed by atoms with Crippen molar-refractivity contribution < 1.29 is 5.11 Å². The van der Waals surface area contributed by atoms with Gasteiger partial charge in [0.15, 0.2) is 0 Å². The van der Waals surface area contributed by atoms with Gasteiger partial charge in [0.25, 0.3) is 0 Å². The molecule has 0 unspecified atom stereocenters. The molecule has 2 aromatic heterocycles. The molecule has 60 heavy (non-hydrogen) atoms. The summed E-state index contributed by atoms with van der Waals surface area (Å²) >= 11 is 0. The summed E-state index contributed by atoms with van der Waals surface area (Å²) in [5.74, 6) is 1.90. The van der Waals surface area contributed by atoms with Crippen molar-refractivity contribution in [3.63, 3.8) is 0 Å². The molecule has 4 nitrogen and oxygen atoms in total. The summed E-state index contributed by atoms with van der Waals surface area (Å²) < 4.78 is 2.29. The van der Waals surface area contributed by atoms with Gasteiger partial charge in [-0.05, 0) is 123 Å². The van der Waals surface area contributed by atoms with E-state index in [1.807, 2.05) is 12.3 Å². The number of nitrogens with zero attached hydrogens (tertiary/aromatic N) is 3. The lowest BCUT2D eigenvalue weighted by molar-refractivity contribution is 0.466. The third-order valence-corrected chi connectivity index (χ3v) is 11.7. The summed E-state index contributed by atoms with van der Waals surface area (Å²) in [5, 5.41) is 12.3. The highest BCUT2D eigenvalue weighted by Crippen LogP contribution is 2.44. The molecular formula is C56H57N3O. The zero-order chi connectivity index (χ0) is 42.3. The minimum Gasteiger partial charge on any atom is -0.507 e.